The van der Waals surface area contributed by atoms with Gasteiger partial charge in [0.25, 0.3) is 0 Å². The van der Waals surface area contributed by atoms with Crippen LogP contribution in [0.4, 0.5) is 0 Å². The molecule has 0 bridgehead atoms. The second-order valence-corrected chi connectivity index (χ2v) is 14.7. The average Bonchev–Trinajstić information content (AvgIpc) is 3.09. The zero-order valence-electron chi connectivity index (χ0n) is 21.8. The smallest absolute Gasteiger partial charge is 0.0641 e. The van der Waals surface area contributed by atoms with Gasteiger partial charge in [-0.05, 0) is 126 Å². The van der Waals surface area contributed by atoms with Crippen molar-refractivity contribution in [2.24, 2.45) is 56.7 Å². The topological polar surface area (TPSA) is 40.5 Å². The molecule has 0 saturated heterocycles. The van der Waals surface area contributed by atoms with Gasteiger partial charge in [0.15, 0.2) is 0 Å². The van der Waals surface area contributed by atoms with Gasteiger partial charge in [0, 0.05) is 0 Å². The molecule has 182 valence electrons. The van der Waals surface area contributed by atoms with Gasteiger partial charge >= 0.3 is 0 Å². The Morgan fingerprint density at radius 1 is 0.781 bits per heavy atom. The monoisotopic (exact) mass is 442 g/mol. The highest BCUT2D eigenvalue weighted by Gasteiger charge is 2.70. The van der Waals surface area contributed by atoms with Crippen LogP contribution in [0.15, 0.2) is 12.2 Å². The summed E-state index contributed by atoms with van der Waals surface area (Å²) < 4.78 is 0. The minimum absolute atomic E-state index is 0.0344. The van der Waals surface area contributed by atoms with Gasteiger partial charge in [0.05, 0.1) is 12.7 Å². The van der Waals surface area contributed by atoms with Crippen LogP contribution in [0.3, 0.4) is 0 Å². The number of aliphatic hydroxyl groups is 2. The van der Waals surface area contributed by atoms with E-state index in [0.29, 0.717) is 39.4 Å². The second-order valence-electron chi connectivity index (χ2n) is 14.7. The summed E-state index contributed by atoms with van der Waals surface area (Å²) in [5.41, 5.74) is 2.70. The SMILES string of the molecule is C=C(CO)[C@@H]1CC[C@]2(C)CC[C@]3(C)C(CCC4[C@@]5(C)CCC(O)C(C)(C)C5CC[C@]43C)C12. The molecule has 10 atom stereocenters. The molecular formula is C30H50O2. The third kappa shape index (κ3) is 2.72. The van der Waals surface area contributed by atoms with Crippen LogP contribution in [-0.4, -0.2) is 22.9 Å². The van der Waals surface area contributed by atoms with Gasteiger partial charge in [-0.3, -0.25) is 0 Å². The van der Waals surface area contributed by atoms with Crippen LogP contribution in [0.25, 0.3) is 0 Å². The zero-order valence-corrected chi connectivity index (χ0v) is 21.8. The molecule has 0 aliphatic heterocycles. The predicted molar refractivity (Wildman–Crippen MR) is 132 cm³/mol. The molecule has 0 spiro atoms. The third-order valence-corrected chi connectivity index (χ3v) is 13.6. The molecule has 32 heavy (non-hydrogen) atoms. The van der Waals surface area contributed by atoms with Gasteiger partial charge in [-0.15, -0.1) is 0 Å². The summed E-state index contributed by atoms with van der Waals surface area (Å²) in [7, 11) is 0. The van der Waals surface area contributed by atoms with Gasteiger partial charge in [-0.1, -0.05) is 48.1 Å². The molecule has 5 saturated carbocycles. The van der Waals surface area contributed by atoms with Crippen molar-refractivity contribution in [2.75, 3.05) is 6.61 Å². The number of rotatable bonds is 2. The van der Waals surface area contributed by atoms with Crippen molar-refractivity contribution in [3.05, 3.63) is 12.2 Å². The van der Waals surface area contributed by atoms with E-state index in [9.17, 15) is 10.2 Å². The van der Waals surface area contributed by atoms with Crippen molar-refractivity contribution in [3.8, 4) is 0 Å². The fourth-order valence-corrected chi connectivity index (χ4v) is 11.5. The lowest BCUT2D eigenvalue weighted by atomic mass is 9.32. The quantitative estimate of drug-likeness (QED) is 0.452. The molecule has 0 aromatic carbocycles. The molecule has 0 radical (unpaired) electrons. The summed E-state index contributed by atoms with van der Waals surface area (Å²) in [5, 5.41) is 20.9. The lowest BCUT2D eigenvalue weighted by Crippen LogP contribution is -2.66. The molecule has 0 aromatic rings. The highest BCUT2D eigenvalue weighted by Crippen LogP contribution is 2.77. The molecule has 2 nitrogen and oxygen atoms in total. The van der Waals surface area contributed by atoms with Crippen LogP contribution < -0.4 is 0 Å². The summed E-state index contributed by atoms with van der Waals surface area (Å²) in [5.74, 6) is 3.39. The van der Waals surface area contributed by atoms with E-state index in [0.717, 1.165) is 23.8 Å². The van der Waals surface area contributed by atoms with Crippen LogP contribution in [0.5, 0.6) is 0 Å². The number of fused-ring (bicyclic) bond motifs is 7. The van der Waals surface area contributed by atoms with E-state index in [2.05, 4.69) is 48.1 Å². The summed E-state index contributed by atoms with van der Waals surface area (Å²) in [6.07, 6.45) is 12.7. The Morgan fingerprint density at radius 3 is 2.19 bits per heavy atom. The Kier molecular flexibility index (Phi) is 5.19. The van der Waals surface area contributed by atoms with Crippen LogP contribution in [0, 0.1) is 56.7 Å². The van der Waals surface area contributed by atoms with Crippen molar-refractivity contribution < 1.29 is 10.2 Å². The van der Waals surface area contributed by atoms with Gasteiger partial charge in [0.2, 0.25) is 0 Å². The average molecular weight is 443 g/mol. The first-order valence-corrected chi connectivity index (χ1v) is 13.8. The van der Waals surface area contributed by atoms with E-state index in [1.165, 1.54) is 57.8 Å². The highest BCUT2D eigenvalue weighted by atomic mass is 16.3. The van der Waals surface area contributed by atoms with E-state index in [1.807, 2.05) is 0 Å². The number of hydrogen-bond acceptors (Lipinski definition) is 2. The van der Waals surface area contributed by atoms with Gasteiger partial charge in [0.1, 0.15) is 0 Å². The van der Waals surface area contributed by atoms with Crippen LogP contribution in [0.1, 0.15) is 106 Å². The first-order chi connectivity index (χ1) is 14.8. The fraction of sp³-hybridized carbons (Fsp3) is 0.933. The minimum atomic E-state index is -0.143. The molecule has 2 N–H and O–H groups in total. The van der Waals surface area contributed by atoms with Crippen LogP contribution >= 0.6 is 0 Å². The Morgan fingerprint density at radius 2 is 1.50 bits per heavy atom. The summed E-state index contributed by atoms with van der Waals surface area (Å²) in [6.45, 7) is 19.8. The van der Waals surface area contributed by atoms with Gasteiger partial charge < -0.3 is 10.2 Å². The Hall–Kier alpha value is -0.340. The first-order valence-electron chi connectivity index (χ1n) is 13.8. The molecule has 5 unspecified atom stereocenters. The fourth-order valence-electron chi connectivity index (χ4n) is 11.5. The van der Waals surface area contributed by atoms with Crippen LogP contribution in [-0.2, 0) is 0 Å². The largest absolute Gasteiger partial charge is 0.393 e. The Labute approximate surface area is 197 Å². The maximum absolute atomic E-state index is 10.9. The van der Waals surface area contributed by atoms with Crippen molar-refractivity contribution in [3.63, 3.8) is 0 Å². The second kappa shape index (κ2) is 7.09. The lowest BCUT2D eigenvalue weighted by Gasteiger charge is -2.73. The molecule has 5 rings (SSSR count). The molecule has 2 heteroatoms. The molecule has 0 aromatic heterocycles. The first kappa shape index (κ1) is 23.4. The lowest BCUT2D eigenvalue weighted by molar-refractivity contribution is -0.246. The summed E-state index contributed by atoms with van der Waals surface area (Å²) in [6, 6.07) is 0. The van der Waals surface area contributed by atoms with E-state index < -0.39 is 0 Å². The summed E-state index contributed by atoms with van der Waals surface area (Å²) >= 11 is 0. The molecule has 5 fully saturated rings. The van der Waals surface area contributed by atoms with E-state index in [4.69, 9.17) is 0 Å². The summed E-state index contributed by atoms with van der Waals surface area (Å²) in [4.78, 5) is 0. The van der Waals surface area contributed by atoms with Crippen molar-refractivity contribution in [1.82, 2.24) is 0 Å². The maximum atomic E-state index is 10.9. The van der Waals surface area contributed by atoms with E-state index in [-0.39, 0.29) is 18.1 Å². The number of hydrogen-bond donors (Lipinski definition) is 2. The predicted octanol–water partition coefficient (Wildman–Crippen LogP) is 7.00. The molecular weight excluding hydrogens is 392 g/mol. The zero-order chi connectivity index (χ0) is 23.3. The Balaban J connectivity index is 1.53. The van der Waals surface area contributed by atoms with Gasteiger partial charge in [-0.2, -0.15) is 0 Å². The highest BCUT2D eigenvalue weighted by molar-refractivity contribution is 5.21. The maximum Gasteiger partial charge on any atom is 0.0641 e. The molecule has 0 heterocycles. The van der Waals surface area contributed by atoms with Crippen molar-refractivity contribution in [2.45, 2.75) is 112 Å². The molecule has 5 aliphatic carbocycles. The Bertz CT molecular complexity index is 786. The normalized spacial score (nSPS) is 56.5. The van der Waals surface area contributed by atoms with Crippen molar-refractivity contribution >= 4 is 0 Å². The standard InChI is InChI=1S/C30H50O2/c1-19(18-31)20-10-13-27(4)16-17-29(6)21(25(20)27)8-9-23-28(5)14-12-24(32)26(2,3)22(28)11-15-30(23,29)7/h20-25,31-32H,1,8-18H2,2-7H3/t20-,21?,22?,23?,24?,25?,27+,28-,29+,30+/m0/s1. The number of aliphatic hydroxyl groups excluding tert-OH is 2. The molecule has 5 aliphatic rings. The minimum Gasteiger partial charge on any atom is -0.393 e. The van der Waals surface area contributed by atoms with E-state index >= 15 is 0 Å². The van der Waals surface area contributed by atoms with Crippen molar-refractivity contribution in [1.29, 1.82) is 0 Å². The molecule has 0 amide bonds. The van der Waals surface area contributed by atoms with Gasteiger partial charge in [-0.25, -0.2) is 0 Å². The van der Waals surface area contributed by atoms with Crippen LogP contribution in [0.2, 0.25) is 0 Å². The third-order valence-electron chi connectivity index (χ3n) is 13.6. The van der Waals surface area contributed by atoms with E-state index in [1.54, 1.807) is 0 Å².